The van der Waals surface area contributed by atoms with Gasteiger partial charge in [-0.05, 0) is 0 Å². The van der Waals surface area contributed by atoms with Gasteiger partial charge in [-0.1, -0.05) is 26.7 Å². The molecule has 0 aliphatic carbocycles. The van der Waals surface area contributed by atoms with E-state index in [0.29, 0.717) is 12.1 Å². The van der Waals surface area contributed by atoms with E-state index in [9.17, 15) is 0 Å². The maximum Gasteiger partial charge on any atom is 1.00 e. The monoisotopic (exact) mass is 105 g/mol. The van der Waals surface area contributed by atoms with E-state index in [2.05, 4.69) is 19.2 Å². The molecular weight excluding hydrogens is 93.0 g/mol. The maximum atomic E-state index is 4.39. The zero-order valence-corrected chi connectivity index (χ0v) is 6.02. The van der Waals surface area contributed by atoms with Crippen molar-refractivity contribution in [2.24, 2.45) is 0 Å². The van der Waals surface area contributed by atoms with Crippen molar-refractivity contribution in [2.75, 3.05) is 0 Å². The Kier molecular flexibility index (Phi) is 3.81. The average Bonchev–Trinajstić information content (AvgIpc) is 1.87. The minimum Gasteiger partial charge on any atom is -0.657 e. The topological polar surface area (TPSA) is 14.1 Å². The molecule has 0 radical (unpaired) electrons. The second-order valence-electron chi connectivity index (χ2n) is 2.42. The summed E-state index contributed by atoms with van der Waals surface area (Å²) in [6, 6.07) is 1.30. The van der Waals surface area contributed by atoms with Crippen molar-refractivity contribution in [3.05, 3.63) is 5.32 Å². The molecule has 0 aromatic carbocycles. The van der Waals surface area contributed by atoms with Crippen molar-refractivity contribution in [2.45, 2.75) is 38.8 Å². The molecule has 2 heteroatoms. The molecule has 0 unspecified atom stereocenters. The second kappa shape index (κ2) is 3.56. The van der Waals surface area contributed by atoms with Crippen LogP contribution in [0.2, 0.25) is 0 Å². The van der Waals surface area contributed by atoms with Crippen LogP contribution in [-0.4, -0.2) is 12.1 Å². The van der Waals surface area contributed by atoms with Crippen LogP contribution in [0.25, 0.3) is 5.32 Å². The van der Waals surface area contributed by atoms with E-state index < -0.39 is 0 Å². The van der Waals surface area contributed by atoms with Crippen LogP contribution >= 0.6 is 0 Å². The number of rotatable bonds is 0. The van der Waals surface area contributed by atoms with Gasteiger partial charge in [0, 0.05) is 0 Å². The number of hydrogen-bond acceptors (Lipinski definition) is 0. The summed E-state index contributed by atoms with van der Waals surface area (Å²) in [6.07, 6.45) is 2.61. The number of hydrogen-bond donors (Lipinski definition) is 0. The van der Waals surface area contributed by atoms with Gasteiger partial charge in [0.15, 0.2) is 0 Å². The van der Waals surface area contributed by atoms with Crippen LogP contribution in [0.1, 0.15) is 26.7 Å². The number of nitrogens with zero attached hydrogens (tertiary/aromatic N) is 1. The molecule has 0 aromatic rings. The van der Waals surface area contributed by atoms with Gasteiger partial charge in [0.25, 0.3) is 0 Å². The molecule has 0 bridgehead atoms. The van der Waals surface area contributed by atoms with Gasteiger partial charge < -0.3 is 5.32 Å². The fourth-order valence-corrected chi connectivity index (χ4v) is 1.07. The Balaban J connectivity index is 0.000000490. The van der Waals surface area contributed by atoms with E-state index in [1.807, 2.05) is 0 Å². The van der Waals surface area contributed by atoms with Gasteiger partial charge in [-0.3, -0.25) is 0 Å². The summed E-state index contributed by atoms with van der Waals surface area (Å²) in [4.78, 5) is 0. The molecule has 1 rings (SSSR count). The molecule has 2 atom stereocenters. The van der Waals surface area contributed by atoms with Crippen molar-refractivity contribution >= 4 is 0 Å². The van der Waals surface area contributed by atoms with E-state index in [0.717, 1.165) is 0 Å². The Hall–Kier alpha value is 0.557. The SMILES string of the molecule is C[C@H]1CC[C@H](C)[N-]1.[Li+]. The van der Waals surface area contributed by atoms with Gasteiger partial charge in [-0.25, -0.2) is 0 Å². The van der Waals surface area contributed by atoms with Crippen LogP contribution in [-0.2, 0) is 0 Å². The zero-order valence-electron chi connectivity index (χ0n) is 6.02. The van der Waals surface area contributed by atoms with E-state index in [-0.39, 0.29) is 18.9 Å². The molecule has 1 fully saturated rings. The minimum atomic E-state index is 0. The fourth-order valence-electron chi connectivity index (χ4n) is 1.07. The largest absolute Gasteiger partial charge is 1.00 e. The quantitative estimate of drug-likeness (QED) is 0.348. The second-order valence-corrected chi connectivity index (χ2v) is 2.42. The Labute approximate surface area is 63.4 Å². The molecule has 1 aliphatic rings. The van der Waals surface area contributed by atoms with Crippen LogP contribution in [0.3, 0.4) is 0 Å². The molecule has 42 valence electrons. The predicted molar refractivity (Wildman–Crippen MR) is 31.5 cm³/mol. The van der Waals surface area contributed by atoms with Gasteiger partial charge in [-0.2, -0.15) is 0 Å². The Bertz CT molecular complexity index is 57.5. The van der Waals surface area contributed by atoms with Crippen LogP contribution in [0.5, 0.6) is 0 Å². The fraction of sp³-hybridized carbons (Fsp3) is 1.00. The van der Waals surface area contributed by atoms with Gasteiger partial charge in [0.2, 0.25) is 0 Å². The first kappa shape index (κ1) is 8.56. The first-order chi connectivity index (χ1) is 3.29. The molecule has 0 aromatic heterocycles. The third kappa shape index (κ3) is 2.22. The van der Waals surface area contributed by atoms with Crippen LogP contribution in [0.15, 0.2) is 0 Å². The third-order valence-corrected chi connectivity index (χ3v) is 1.51. The Morgan fingerprint density at radius 1 is 1.12 bits per heavy atom. The third-order valence-electron chi connectivity index (χ3n) is 1.51. The molecular formula is C6H12LiN. The van der Waals surface area contributed by atoms with E-state index in [1.165, 1.54) is 12.8 Å². The summed E-state index contributed by atoms with van der Waals surface area (Å²) in [6.45, 7) is 4.37. The molecule has 1 heterocycles. The molecule has 0 saturated carbocycles. The average molecular weight is 105 g/mol. The van der Waals surface area contributed by atoms with Gasteiger partial charge in [0.1, 0.15) is 0 Å². The van der Waals surface area contributed by atoms with Crippen molar-refractivity contribution in [3.63, 3.8) is 0 Å². The first-order valence-electron chi connectivity index (χ1n) is 2.99. The summed E-state index contributed by atoms with van der Waals surface area (Å²) in [7, 11) is 0. The van der Waals surface area contributed by atoms with Crippen LogP contribution in [0.4, 0.5) is 0 Å². The summed E-state index contributed by atoms with van der Waals surface area (Å²) >= 11 is 0. The molecule has 0 spiro atoms. The normalized spacial score (nSPS) is 36.8. The first-order valence-corrected chi connectivity index (χ1v) is 2.99. The standard InChI is InChI=1S/C6H12N.Li/c1-5-3-4-6(2)7-5;/h5-6H,3-4H2,1-2H3;/q-1;+1/t5-,6-;/m0./s1. The van der Waals surface area contributed by atoms with Crippen molar-refractivity contribution in [1.82, 2.24) is 0 Å². The summed E-state index contributed by atoms with van der Waals surface area (Å²) in [5.74, 6) is 0. The van der Waals surface area contributed by atoms with Crippen molar-refractivity contribution in [3.8, 4) is 0 Å². The molecule has 0 amide bonds. The minimum absolute atomic E-state index is 0. The Morgan fingerprint density at radius 3 is 1.62 bits per heavy atom. The van der Waals surface area contributed by atoms with E-state index in [1.54, 1.807) is 0 Å². The summed E-state index contributed by atoms with van der Waals surface area (Å²) in [5, 5.41) is 4.39. The van der Waals surface area contributed by atoms with Gasteiger partial charge >= 0.3 is 18.9 Å². The van der Waals surface area contributed by atoms with Crippen LogP contribution in [0, 0.1) is 0 Å². The predicted octanol–water partition coefficient (Wildman–Crippen LogP) is -1.07. The molecule has 1 saturated heterocycles. The molecule has 8 heavy (non-hydrogen) atoms. The molecule has 1 nitrogen and oxygen atoms in total. The van der Waals surface area contributed by atoms with Crippen molar-refractivity contribution < 1.29 is 18.9 Å². The summed E-state index contributed by atoms with van der Waals surface area (Å²) in [5.41, 5.74) is 0. The van der Waals surface area contributed by atoms with Gasteiger partial charge in [0.05, 0.1) is 0 Å². The molecule has 0 N–H and O–H groups in total. The van der Waals surface area contributed by atoms with Gasteiger partial charge in [-0.15, -0.1) is 12.1 Å². The van der Waals surface area contributed by atoms with Crippen LogP contribution < -0.4 is 18.9 Å². The Morgan fingerprint density at radius 2 is 1.50 bits per heavy atom. The smallest absolute Gasteiger partial charge is 0.657 e. The maximum absolute atomic E-state index is 4.39. The zero-order chi connectivity index (χ0) is 5.28. The van der Waals surface area contributed by atoms with E-state index in [4.69, 9.17) is 0 Å². The summed E-state index contributed by atoms with van der Waals surface area (Å²) < 4.78 is 0. The molecule has 1 aliphatic heterocycles. The van der Waals surface area contributed by atoms with E-state index >= 15 is 0 Å². The van der Waals surface area contributed by atoms with Crippen molar-refractivity contribution in [1.29, 1.82) is 0 Å².